The van der Waals surface area contributed by atoms with Gasteiger partial charge in [0.15, 0.2) is 11.5 Å². The molecule has 0 radical (unpaired) electrons. The van der Waals surface area contributed by atoms with Crippen LogP contribution in [-0.2, 0) is 9.53 Å². The van der Waals surface area contributed by atoms with Gasteiger partial charge in [-0.1, -0.05) is 31.2 Å². The Labute approximate surface area is 182 Å². The summed E-state index contributed by atoms with van der Waals surface area (Å²) in [5.74, 6) is 0.639. The van der Waals surface area contributed by atoms with E-state index in [1.54, 1.807) is 13.2 Å². The standard InChI is InChI=1S/C24H28N2O5/c1-3-12-26-22(16-9-10-19-20(14-16)31-15-30-19)21(23(27)25-11-6-13-29-2)17-7-4-5-8-18(17)24(26)28/h4-5,7-10,14,21-22H,3,6,11-13,15H2,1-2H3,(H,25,27)/t21-,22+/m0/s1. The Hall–Kier alpha value is -3.06. The number of carbonyl (C=O) groups excluding carboxylic acids is 2. The molecule has 0 aromatic heterocycles. The summed E-state index contributed by atoms with van der Waals surface area (Å²) in [5, 5.41) is 3.04. The summed E-state index contributed by atoms with van der Waals surface area (Å²) in [5.41, 5.74) is 2.20. The summed E-state index contributed by atoms with van der Waals surface area (Å²) in [6.45, 7) is 3.85. The van der Waals surface area contributed by atoms with Crippen molar-refractivity contribution in [2.24, 2.45) is 0 Å². The number of benzene rings is 2. The SMILES string of the molecule is CCCN1C(=O)c2ccccc2[C@H](C(=O)NCCCOC)[C@H]1c1ccc2c(c1)OCO2. The van der Waals surface area contributed by atoms with Crippen molar-refractivity contribution in [3.8, 4) is 11.5 Å². The van der Waals surface area contributed by atoms with Gasteiger partial charge in [-0.2, -0.15) is 0 Å². The lowest BCUT2D eigenvalue weighted by molar-refractivity contribution is -0.124. The minimum atomic E-state index is -0.525. The molecule has 2 amide bonds. The summed E-state index contributed by atoms with van der Waals surface area (Å²) in [6.07, 6.45) is 1.51. The topological polar surface area (TPSA) is 77.1 Å². The minimum absolute atomic E-state index is 0.0523. The largest absolute Gasteiger partial charge is 0.454 e. The van der Waals surface area contributed by atoms with Crippen molar-refractivity contribution in [3.05, 3.63) is 59.2 Å². The molecule has 1 N–H and O–H groups in total. The molecule has 2 aromatic rings. The molecule has 0 aliphatic carbocycles. The molecule has 4 rings (SSSR count). The van der Waals surface area contributed by atoms with Gasteiger partial charge in [0.05, 0.1) is 12.0 Å². The first-order valence-corrected chi connectivity index (χ1v) is 10.7. The van der Waals surface area contributed by atoms with Gasteiger partial charge >= 0.3 is 0 Å². The predicted molar refractivity (Wildman–Crippen MR) is 115 cm³/mol. The molecule has 164 valence electrons. The Morgan fingerprint density at radius 1 is 1.19 bits per heavy atom. The van der Waals surface area contributed by atoms with Gasteiger partial charge in [-0.15, -0.1) is 0 Å². The second-order valence-corrected chi connectivity index (χ2v) is 7.76. The Bertz CT molecular complexity index is 961. The summed E-state index contributed by atoms with van der Waals surface area (Å²) < 4.78 is 16.1. The van der Waals surface area contributed by atoms with E-state index in [4.69, 9.17) is 14.2 Å². The quantitative estimate of drug-likeness (QED) is 0.659. The first-order chi connectivity index (χ1) is 15.2. The highest BCUT2D eigenvalue weighted by Gasteiger charge is 2.44. The Morgan fingerprint density at radius 2 is 2.00 bits per heavy atom. The Kier molecular flexibility index (Phi) is 6.42. The van der Waals surface area contributed by atoms with Crippen LogP contribution < -0.4 is 14.8 Å². The van der Waals surface area contributed by atoms with Crippen molar-refractivity contribution in [1.82, 2.24) is 10.2 Å². The van der Waals surface area contributed by atoms with E-state index in [1.807, 2.05) is 48.2 Å². The second-order valence-electron chi connectivity index (χ2n) is 7.76. The molecule has 2 heterocycles. The van der Waals surface area contributed by atoms with Gasteiger partial charge < -0.3 is 24.4 Å². The number of rotatable bonds is 8. The van der Waals surface area contributed by atoms with Gasteiger partial charge in [-0.25, -0.2) is 0 Å². The molecule has 31 heavy (non-hydrogen) atoms. The molecule has 0 bridgehead atoms. The lowest BCUT2D eigenvalue weighted by Crippen LogP contribution is -2.47. The van der Waals surface area contributed by atoms with Crippen molar-refractivity contribution >= 4 is 11.8 Å². The average Bonchev–Trinajstić information content (AvgIpc) is 3.26. The van der Waals surface area contributed by atoms with E-state index in [9.17, 15) is 9.59 Å². The second kappa shape index (κ2) is 9.39. The maximum absolute atomic E-state index is 13.5. The Morgan fingerprint density at radius 3 is 2.81 bits per heavy atom. The molecule has 0 saturated heterocycles. The zero-order valence-corrected chi connectivity index (χ0v) is 17.9. The summed E-state index contributed by atoms with van der Waals surface area (Å²) in [7, 11) is 1.64. The highest BCUT2D eigenvalue weighted by molar-refractivity contribution is 6.01. The van der Waals surface area contributed by atoms with Gasteiger partial charge in [0, 0.05) is 32.4 Å². The first-order valence-electron chi connectivity index (χ1n) is 10.7. The molecule has 2 aromatic carbocycles. The molecule has 2 aliphatic rings. The number of fused-ring (bicyclic) bond motifs is 2. The van der Waals surface area contributed by atoms with Crippen molar-refractivity contribution in [1.29, 1.82) is 0 Å². The normalized spacial score (nSPS) is 19.3. The van der Waals surface area contributed by atoms with E-state index in [1.165, 1.54) is 0 Å². The maximum Gasteiger partial charge on any atom is 0.254 e. The van der Waals surface area contributed by atoms with Gasteiger partial charge in [-0.3, -0.25) is 9.59 Å². The van der Waals surface area contributed by atoms with Crippen LogP contribution in [0.4, 0.5) is 0 Å². The highest BCUT2D eigenvalue weighted by atomic mass is 16.7. The van der Waals surface area contributed by atoms with Crippen molar-refractivity contribution in [3.63, 3.8) is 0 Å². The zero-order chi connectivity index (χ0) is 21.8. The number of hydrogen-bond donors (Lipinski definition) is 1. The molecule has 2 aliphatic heterocycles. The third-order valence-corrected chi connectivity index (χ3v) is 5.75. The number of amides is 2. The Balaban J connectivity index is 1.76. The summed E-state index contributed by atoms with van der Waals surface area (Å²) >= 11 is 0. The monoisotopic (exact) mass is 424 g/mol. The van der Waals surface area contributed by atoms with E-state index < -0.39 is 12.0 Å². The van der Waals surface area contributed by atoms with Crippen LogP contribution in [0.15, 0.2) is 42.5 Å². The van der Waals surface area contributed by atoms with Gasteiger partial charge in [0.25, 0.3) is 5.91 Å². The van der Waals surface area contributed by atoms with Crippen molar-refractivity contribution in [2.45, 2.75) is 31.7 Å². The molecule has 0 fully saturated rings. The molecule has 0 unspecified atom stereocenters. The number of carbonyl (C=O) groups is 2. The summed E-state index contributed by atoms with van der Waals surface area (Å²) in [4.78, 5) is 28.7. The molecule has 7 heteroatoms. The minimum Gasteiger partial charge on any atom is -0.454 e. The predicted octanol–water partition coefficient (Wildman–Crippen LogP) is 3.26. The van der Waals surface area contributed by atoms with E-state index in [0.717, 1.165) is 24.0 Å². The van der Waals surface area contributed by atoms with Crippen molar-refractivity contribution in [2.75, 3.05) is 33.6 Å². The van der Waals surface area contributed by atoms with Gasteiger partial charge in [-0.05, 0) is 42.2 Å². The molecule has 0 spiro atoms. The fraction of sp³-hybridized carbons (Fsp3) is 0.417. The first kappa shape index (κ1) is 21.2. The van der Waals surface area contributed by atoms with Crippen LogP contribution in [-0.4, -0.2) is 50.3 Å². The highest BCUT2D eigenvalue weighted by Crippen LogP contribution is 2.45. The molecule has 0 saturated carbocycles. The third kappa shape index (κ3) is 4.10. The maximum atomic E-state index is 13.5. The third-order valence-electron chi connectivity index (χ3n) is 5.75. The molecular weight excluding hydrogens is 396 g/mol. The van der Waals surface area contributed by atoms with E-state index in [2.05, 4.69) is 5.32 Å². The van der Waals surface area contributed by atoms with Gasteiger partial charge in [0.1, 0.15) is 0 Å². The molecular formula is C24H28N2O5. The zero-order valence-electron chi connectivity index (χ0n) is 17.9. The molecule has 2 atom stereocenters. The van der Waals surface area contributed by atoms with E-state index in [-0.39, 0.29) is 18.6 Å². The van der Waals surface area contributed by atoms with Crippen LogP contribution in [0.5, 0.6) is 11.5 Å². The van der Waals surface area contributed by atoms with Crippen LogP contribution in [0, 0.1) is 0 Å². The lowest BCUT2D eigenvalue weighted by atomic mass is 9.79. The van der Waals surface area contributed by atoms with Crippen molar-refractivity contribution < 1.29 is 23.8 Å². The summed E-state index contributed by atoms with van der Waals surface area (Å²) in [6, 6.07) is 12.6. The van der Waals surface area contributed by atoms with Crippen LogP contribution in [0.1, 0.15) is 53.2 Å². The number of nitrogens with zero attached hydrogens (tertiary/aromatic N) is 1. The number of hydrogen-bond acceptors (Lipinski definition) is 5. The lowest BCUT2D eigenvalue weighted by Gasteiger charge is -2.41. The van der Waals surface area contributed by atoms with Gasteiger partial charge in [0.2, 0.25) is 12.7 Å². The van der Waals surface area contributed by atoms with Crippen LogP contribution in [0.3, 0.4) is 0 Å². The van der Waals surface area contributed by atoms with Crippen LogP contribution in [0.25, 0.3) is 0 Å². The smallest absolute Gasteiger partial charge is 0.254 e. The van der Waals surface area contributed by atoms with Crippen LogP contribution >= 0.6 is 0 Å². The fourth-order valence-electron chi connectivity index (χ4n) is 4.37. The molecule has 7 nitrogen and oxygen atoms in total. The average molecular weight is 424 g/mol. The van der Waals surface area contributed by atoms with E-state index in [0.29, 0.717) is 36.8 Å². The number of methoxy groups -OCH3 is 1. The van der Waals surface area contributed by atoms with Crippen LogP contribution in [0.2, 0.25) is 0 Å². The van der Waals surface area contributed by atoms with E-state index >= 15 is 0 Å². The fourth-order valence-corrected chi connectivity index (χ4v) is 4.37. The number of ether oxygens (including phenoxy) is 3. The number of nitrogens with one attached hydrogen (secondary N) is 1.